The van der Waals surface area contributed by atoms with Crippen LogP contribution >= 0.6 is 0 Å². The van der Waals surface area contributed by atoms with E-state index in [-0.39, 0.29) is 12.1 Å². The van der Waals surface area contributed by atoms with Gasteiger partial charge in [0.15, 0.2) is 0 Å². The highest BCUT2D eigenvalue weighted by Gasteiger charge is 2.26. The van der Waals surface area contributed by atoms with Crippen molar-refractivity contribution in [1.29, 1.82) is 0 Å². The van der Waals surface area contributed by atoms with Gasteiger partial charge in [0.05, 0.1) is 0 Å². The minimum Gasteiger partial charge on any atom is -0.480 e. The van der Waals surface area contributed by atoms with E-state index >= 15 is 0 Å². The summed E-state index contributed by atoms with van der Waals surface area (Å²) < 4.78 is 0. The molecular weight excluding hydrogens is 202 g/mol. The number of nitrogens with one attached hydrogen (secondary N) is 1. The van der Waals surface area contributed by atoms with Crippen molar-refractivity contribution in [2.75, 3.05) is 0 Å². The summed E-state index contributed by atoms with van der Waals surface area (Å²) in [4.78, 5) is 31.5. The van der Waals surface area contributed by atoms with Gasteiger partial charge in [0.25, 0.3) is 0 Å². The lowest BCUT2D eigenvalue weighted by molar-refractivity contribution is -0.139. The number of hydrogen-bond donors (Lipinski definition) is 3. The lowest BCUT2D eigenvalue weighted by Gasteiger charge is -2.21. The molecule has 1 unspecified atom stereocenters. The van der Waals surface area contributed by atoms with Gasteiger partial charge in [0, 0.05) is 6.42 Å². The quantitative estimate of drug-likeness (QED) is 0.430. The van der Waals surface area contributed by atoms with Crippen LogP contribution in [-0.2, 0) is 14.4 Å². The maximum atomic E-state index is 10.7. The van der Waals surface area contributed by atoms with Crippen LogP contribution in [0.2, 0.25) is 0 Å². The van der Waals surface area contributed by atoms with E-state index in [4.69, 9.17) is 10.2 Å². The molecular formula is C9H9NO5. The second-order valence-corrected chi connectivity index (χ2v) is 2.98. The molecule has 1 atom stereocenters. The third-order valence-corrected chi connectivity index (χ3v) is 1.91. The van der Waals surface area contributed by atoms with E-state index in [1.54, 1.807) is 0 Å². The zero-order chi connectivity index (χ0) is 11.4. The Morgan fingerprint density at radius 2 is 2.13 bits per heavy atom. The molecule has 0 saturated carbocycles. The third-order valence-electron chi connectivity index (χ3n) is 1.91. The molecule has 3 N–H and O–H groups in total. The van der Waals surface area contributed by atoms with E-state index in [1.165, 1.54) is 6.08 Å². The van der Waals surface area contributed by atoms with E-state index in [1.807, 2.05) is 0 Å². The Morgan fingerprint density at radius 1 is 1.47 bits per heavy atom. The molecule has 80 valence electrons. The minimum atomic E-state index is -1.25. The largest absolute Gasteiger partial charge is 0.480 e. The van der Waals surface area contributed by atoms with Crippen molar-refractivity contribution in [2.24, 2.45) is 0 Å². The second-order valence-electron chi connectivity index (χ2n) is 2.98. The van der Waals surface area contributed by atoms with Gasteiger partial charge in [0.1, 0.15) is 18.0 Å². The molecule has 0 amide bonds. The lowest BCUT2D eigenvalue weighted by atomic mass is 10.0. The highest BCUT2D eigenvalue weighted by molar-refractivity contribution is 5.89. The van der Waals surface area contributed by atoms with Crippen molar-refractivity contribution in [2.45, 2.75) is 12.5 Å². The van der Waals surface area contributed by atoms with E-state index in [9.17, 15) is 14.4 Å². The molecule has 0 radical (unpaired) electrons. The first-order valence-electron chi connectivity index (χ1n) is 4.13. The third kappa shape index (κ3) is 2.67. The van der Waals surface area contributed by atoms with Gasteiger partial charge in [-0.25, -0.2) is 9.59 Å². The van der Waals surface area contributed by atoms with Crippen LogP contribution in [0, 0.1) is 0 Å². The molecule has 0 fully saturated rings. The maximum Gasteiger partial charge on any atom is 0.351 e. The van der Waals surface area contributed by atoms with Crippen molar-refractivity contribution in [3.8, 4) is 0 Å². The van der Waals surface area contributed by atoms with Crippen LogP contribution in [0.4, 0.5) is 0 Å². The summed E-state index contributed by atoms with van der Waals surface area (Å²) in [5.41, 5.74) is 0.162. The van der Waals surface area contributed by atoms with Crippen molar-refractivity contribution in [1.82, 2.24) is 5.32 Å². The van der Waals surface area contributed by atoms with E-state index in [2.05, 4.69) is 5.32 Å². The molecule has 1 heterocycles. The van der Waals surface area contributed by atoms with Crippen LogP contribution in [-0.4, -0.2) is 34.5 Å². The molecule has 0 spiro atoms. The molecule has 6 nitrogen and oxygen atoms in total. The fourth-order valence-electron chi connectivity index (χ4n) is 1.24. The SMILES string of the molecule is O=CC=C1C=C(C(=O)O)NC(C(=O)O)C1. The molecule has 0 aromatic carbocycles. The number of aldehydes is 1. The van der Waals surface area contributed by atoms with Gasteiger partial charge in [-0.2, -0.15) is 0 Å². The number of carboxylic acid groups (broad SMARTS) is 2. The van der Waals surface area contributed by atoms with Crippen LogP contribution in [0.1, 0.15) is 6.42 Å². The Labute approximate surface area is 84.9 Å². The number of rotatable bonds is 3. The van der Waals surface area contributed by atoms with Gasteiger partial charge in [0.2, 0.25) is 0 Å². The topological polar surface area (TPSA) is 104 Å². The van der Waals surface area contributed by atoms with Crippen molar-refractivity contribution < 1.29 is 24.6 Å². The van der Waals surface area contributed by atoms with Crippen LogP contribution in [0.5, 0.6) is 0 Å². The molecule has 15 heavy (non-hydrogen) atoms. The molecule has 0 saturated heterocycles. The molecule has 0 aliphatic carbocycles. The number of carbonyl (C=O) groups excluding carboxylic acids is 1. The number of allylic oxidation sites excluding steroid dienone is 2. The molecule has 6 heteroatoms. The fourth-order valence-corrected chi connectivity index (χ4v) is 1.24. The summed E-state index contributed by atoms with van der Waals surface area (Å²) in [5, 5.41) is 19.8. The van der Waals surface area contributed by atoms with Crippen LogP contribution in [0.25, 0.3) is 0 Å². The first-order valence-corrected chi connectivity index (χ1v) is 4.13. The average Bonchev–Trinajstić information content (AvgIpc) is 2.17. The summed E-state index contributed by atoms with van der Waals surface area (Å²) in [5.74, 6) is -2.41. The zero-order valence-corrected chi connectivity index (χ0v) is 7.64. The van der Waals surface area contributed by atoms with Crippen molar-refractivity contribution in [3.63, 3.8) is 0 Å². The summed E-state index contributed by atoms with van der Waals surface area (Å²) in [7, 11) is 0. The second kappa shape index (κ2) is 4.41. The number of carbonyl (C=O) groups is 3. The predicted octanol–water partition coefficient (Wildman–Crippen LogP) is -0.473. The summed E-state index contributed by atoms with van der Waals surface area (Å²) >= 11 is 0. The number of aliphatic carboxylic acids is 2. The number of carboxylic acids is 2. The lowest BCUT2D eigenvalue weighted by Crippen LogP contribution is -2.41. The van der Waals surface area contributed by atoms with Gasteiger partial charge < -0.3 is 15.5 Å². The Bertz CT molecular complexity index is 369. The first-order chi connectivity index (χ1) is 7.04. The predicted molar refractivity (Wildman–Crippen MR) is 49.0 cm³/mol. The molecule has 1 aliphatic rings. The zero-order valence-electron chi connectivity index (χ0n) is 7.64. The Balaban J connectivity index is 2.99. The maximum absolute atomic E-state index is 10.7. The van der Waals surface area contributed by atoms with Crippen LogP contribution < -0.4 is 5.32 Å². The highest BCUT2D eigenvalue weighted by Crippen LogP contribution is 2.16. The minimum absolute atomic E-state index is 0.0881. The Kier molecular flexibility index (Phi) is 3.22. The number of hydrogen-bond acceptors (Lipinski definition) is 4. The Hall–Kier alpha value is -2.11. The summed E-state index contributed by atoms with van der Waals surface area (Å²) in [6.07, 6.45) is 2.98. The normalized spacial score (nSPS) is 22.8. The van der Waals surface area contributed by atoms with E-state index < -0.39 is 18.0 Å². The Morgan fingerprint density at radius 3 is 2.60 bits per heavy atom. The van der Waals surface area contributed by atoms with Gasteiger partial charge in [-0.1, -0.05) is 0 Å². The monoisotopic (exact) mass is 211 g/mol. The molecule has 1 rings (SSSR count). The summed E-state index contributed by atoms with van der Waals surface area (Å²) in [6.45, 7) is 0. The average molecular weight is 211 g/mol. The van der Waals surface area contributed by atoms with E-state index in [0.717, 1.165) is 6.08 Å². The van der Waals surface area contributed by atoms with Gasteiger partial charge >= 0.3 is 11.9 Å². The molecule has 0 bridgehead atoms. The first kappa shape index (κ1) is 11.0. The van der Waals surface area contributed by atoms with Gasteiger partial charge in [-0.05, 0) is 17.7 Å². The highest BCUT2D eigenvalue weighted by atomic mass is 16.4. The van der Waals surface area contributed by atoms with Gasteiger partial charge in [-0.3, -0.25) is 4.79 Å². The standard InChI is InChI=1S/C9H9NO5/c11-2-1-5-3-6(8(12)13)10-7(4-5)9(14)15/h1-3,7,10H,4H2,(H,12,13)(H,14,15). The van der Waals surface area contributed by atoms with Crippen LogP contribution in [0.3, 0.4) is 0 Å². The van der Waals surface area contributed by atoms with E-state index in [0.29, 0.717) is 11.9 Å². The van der Waals surface area contributed by atoms with Crippen molar-refractivity contribution >= 4 is 18.2 Å². The smallest absolute Gasteiger partial charge is 0.351 e. The van der Waals surface area contributed by atoms with Crippen molar-refractivity contribution in [3.05, 3.63) is 23.4 Å². The van der Waals surface area contributed by atoms with Crippen LogP contribution in [0.15, 0.2) is 23.4 Å². The summed E-state index contributed by atoms with van der Waals surface area (Å²) in [6, 6.07) is -1.01. The molecule has 0 aromatic heterocycles. The van der Waals surface area contributed by atoms with Gasteiger partial charge in [-0.15, -0.1) is 0 Å². The molecule has 0 aromatic rings. The molecule has 1 aliphatic heterocycles. The fraction of sp³-hybridized carbons (Fsp3) is 0.222.